The lowest BCUT2D eigenvalue weighted by Gasteiger charge is -1.93. The zero-order valence-corrected chi connectivity index (χ0v) is 6.66. The van der Waals surface area contributed by atoms with E-state index >= 15 is 0 Å². The highest BCUT2D eigenvalue weighted by molar-refractivity contribution is 5.97. The van der Waals surface area contributed by atoms with Crippen LogP contribution < -0.4 is 0 Å². The van der Waals surface area contributed by atoms with E-state index in [1.807, 2.05) is 12.1 Å². The predicted octanol–water partition coefficient (Wildman–Crippen LogP) is 2.01. The summed E-state index contributed by atoms with van der Waals surface area (Å²) in [6, 6.07) is 5.49. The third-order valence-electron chi connectivity index (χ3n) is 1.85. The SMILES string of the molecule is CC(=O)c1ccc2[nH]ncc2c1.[HH]. The number of aromatic amines is 1. The maximum absolute atomic E-state index is 11.0. The van der Waals surface area contributed by atoms with Gasteiger partial charge in [-0.1, -0.05) is 0 Å². The molecule has 12 heavy (non-hydrogen) atoms. The largest absolute Gasteiger partial charge is 0.295 e. The van der Waals surface area contributed by atoms with E-state index in [9.17, 15) is 4.79 Å². The van der Waals surface area contributed by atoms with Crippen molar-refractivity contribution in [2.75, 3.05) is 0 Å². The third kappa shape index (κ3) is 0.993. The van der Waals surface area contributed by atoms with Crippen LogP contribution in [0.4, 0.5) is 0 Å². The van der Waals surface area contributed by atoms with Gasteiger partial charge in [0.05, 0.1) is 11.7 Å². The van der Waals surface area contributed by atoms with Gasteiger partial charge in [0.25, 0.3) is 0 Å². The minimum absolute atomic E-state index is 0. The molecule has 0 atom stereocenters. The van der Waals surface area contributed by atoms with Crippen LogP contribution in [0.15, 0.2) is 24.4 Å². The van der Waals surface area contributed by atoms with Crippen LogP contribution in [0.5, 0.6) is 0 Å². The molecule has 0 bridgehead atoms. The Morgan fingerprint density at radius 2 is 2.42 bits per heavy atom. The summed E-state index contributed by atoms with van der Waals surface area (Å²) in [7, 11) is 0. The first-order chi connectivity index (χ1) is 5.77. The molecule has 0 saturated carbocycles. The van der Waals surface area contributed by atoms with Crippen molar-refractivity contribution in [1.82, 2.24) is 10.2 Å². The molecule has 0 aliphatic heterocycles. The first-order valence-electron chi connectivity index (χ1n) is 3.71. The van der Waals surface area contributed by atoms with E-state index < -0.39 is 0 Å². The highest BCUT2D eigenvalue weighted by Crippen LogP contribution is 2.12. The molecular weight excluding hydrogens is 152 g/mol. The van der Waals surface area contributed by atoms with Crippen molar-refractivity contribution in [3.63, 3.8) is 0 Å². The van der Waals surface area contributed by atoms with Crippen molar-refractivity contribution >= 4 is 16.7 Å². The number of fused-ring (bicyclic) bond motifs is 1. The molecular formula is C9H10N2O. The van der Waals surface area contributed by atoms with Gasteiger partial charge in [-0.3, -0.25) is 9.89 Å². The Morgan fingerprint density at radius 3 is 3.17 bits per heavy atom. The summed E-state index contributed by atoms with van der Waals surface area (Å²) < 4.78 is 0. The lowest BCUT2D eigenvalue weighted by atomic mass is 10.1. The normalized spacial score (nSPS) is 10.4. The van der Waals surface area contributed by atoms with E-state index in [1.165, 1.54) is 0 Å². The molecule has 1 heterocycles. The summed E-state index contributed by atoms with van der Waals surface area (Å²) in [6.45, 7) is 1.56. The van der Waals surface area contributed by atoms with Crippen molar-refractivity contribution < 1.29 is 6.22 Å². The van der Waals surface area contributed by atoms with Crippen LogP contribution >= 0.6 is 0 Å². The third-order valence-corrected chi connectivity index (χ3v) is 1.85. The average molecular weight is 162 g/mol. The molecule has 3 nitrogen and oxygen atoms in total. The summed E-state index contributed by atoms with van der Waals surface area (Å²) >= 11 is 0. The van der Waals surface area contributed by atoms with Crippen LogP contribution in [0.25, 0.3) is 10.9 Å². The van der Waals surface area contributed by atoms with Crippen LogP contribution in [-0.2, 0) is 0 Å². The summed E-state index contributed by atoms with van der Waals surface area (Å²) in [6.07, 6.45) is 1.71. The molecule has 0 radical (unpaired) electrons. The minimum Gasteiger partial charge on any atom is -0.295 e. The van der Waals surface area contributed by atoms with Crippen molar-refractivity contribution in [3.8, 4) is 0 Å². The molecule has 1 N–H and O–H groups in total. The monoisotopic (exact) mass is 162 g/mol. The summed E-state index contributed by atoms with van der Waals surface area (Å²) in [5.41, 5.74) is 1.68. The molecule has 0 fully saturated rings. The number of Topliss-reactive ketones (excluding diaryl/α,β-unsaturated/α-hetero) is 1. The Labute approximate surface area is 70.9 Å². The molecule has 0 amide bonds. The lowest BCUT2D eigenvalue weighted by molar-refractivity contribution is 0.101. The molecule has 0 aliphatic rings. The predicted molar refractivity (Wildman–Crippen MR) is 48.2 cm³/mol. The Kier molecular flexibility index (Phi) is 1.43. The van der Waals surface area contributed by atoms with Crippen molar-refractivity contribution in [3.05, 3.63) is 30.0 Å². The van der Waals surface area contributed by atoms with Gasteiger partial charge in [-0.25, -0.2) is 0 Å². The number of hydrogen-bond donors (Lipinski definition) is 1. The molecule has 0 saturated heterocycles. The van der Waals surface area contributed by atoms with E-state index in [-0.39, 0.29) is 7.21 Å². The number of H-pyrrole nitrogens is 1. The minimum atomic E-state index is 0. The van der Waals surface area contributed by atoms with Gasteiger partial charge in [0, 0.05) is 12.4 Å². The van der Waals surface area contributed by atoms with E-state index in [0.29, 0.717) is 0 Å². The number of ketones is 1. The van der Waals surface area contributed by atoms with E-state index in [4.69, 9.17) is 0 Å². The zero-order valence-electron chi connectivity index (χ0n) is 6.66. The van der Waals surface area contributed by atoms with Crippen LogP contribution in [-0.4, -0.2) is 16.0 Å². The first-order valence-corrected chi connectivity index (χ1v) is 3.71. The maximum Gasteiger partial charge on any atom is 0.159 e. The maximum atomic E-state index is 11.0. The fraction of sp³-hybridized carbons (Fsp3) is 0.111. The van der Waals surface area contributed by atoms with Gasteiger partial charge in [-0.05, 0) is 25.1 Å². The summed E-state index contributed by atoms with van der Waals surface area (Å²) in [4.78, 5) is 11.0. The van der Waals surface area contributed by atoms with Gasteiger partial charge in [-0.15, -0.1) is 0 Å². The number of aromatic nitrogens is 2. The highest BCUT2D eigenvalue weighted by Gasteiger charge is 2.00. The Hall–Kier alpha value is -1.64. The molecule has 1 aromatic heterocycles. The zero-order chi connectivity index (χ0) is 8.55. The Morgan fingerprint density at radius 1 is 1.58 bits per heavy atom. The fourth-order valence-electron chi connectivity index (χ4n) is 1.16. The number of nitrogens with zero attached hydrogens (tertiary/aromatic N) is 1. The van der Waals surface area contributed by atoms with Crippen LogP contribution in [0.3, 0.4) is 0 Å². The van der Waals surface area contributed by atoms with Crippen molar-refractivity contribution in [2.45, 2.75) is 6.92 Å². The summed E-state index contributed by atoms with van der Waals surface area (Å²) in [5.74, 6) is 0.0816. The molecule has 0 unspecified atom stereocenters. The average Bonchev–Trinajstić information content (AvgIpc) is 2.49. The molecule has 62 valence electrons. The van der Waals surface area contributed by atoms with Gasteiger partial charge >= 0.3 is 0 Å². The van der Waals surface area contributed by atoms with Gasteiger partial charge in [0.1, 0.15) is 0 Å². The smallest absolute Gasteiger partial charge is 0.159 e. The van der Waals surface area contributed by atoms with Crippen LogP contribution in [0.1, 0.15) is 18.7 Å². The highest BCUT2D eigenvalue weighted by atomic mass is 16.1. The van der Waals surface area contributed by atoms with Gasteiger partial charge in [0.2, 0.25) is 0 Å². The van der Waals surface area contributed by atoms with Crippen LogP contribution in [0.2, 0.25) is 0 Å². The fourth-order valence-corrected chi connectivity index (χ4v) is 1.16. The van der Waals surface area contributed by atoms with Crippen LogP contribution in [0, 0.1) is 0 Å². The first kappa shape index (κ1) is 7.03. The molecule has 2 aromatic rings. The molecule has 1 aromatic carbocycles. The quantitative estimate of drug-likeness (QED) is 0.652. The standard InChI is InChI=1S/C9H8N2O.H2/c1-6(12)7-2-3-9-8(4-7)5-10-11-9;/h2-5H,1H3,(H,10,11);1H. The second kappa shape index (κ2) is 2.44. The number of hydrogen-bond acceptors (Lipinski definition) is 2. The number of nitrogens with one attached hydrogen (secondary N) is 1. The number of carbonyl (C=O) groups is 1. The number of carbonyl (C=O) groups excluding carboxylic acids is 1. The second-order valence-corrected chi connectivity index (χ2v) is 2.73. The van der Waals surface area contributed by atoms with Gasteiger partial charge < -0.3 is 0 Å². The molecule has 2 rings (SSSR count). The lowest BCUT2D eigenvalue weighted by Crippen LogP contribution is -1.89. The van der Waals surface area contributed by atoms with E-state index in [2.05, 4.69) is 10.2 Å². The molecule has 0 aliphatic carbocycles. The van der Waals surface area contributed by atoms with E-state index in [0.717, 1.165) is 16.5 Å². The number of rotatable bonds is 1. The second-order valence-electron chi connectivity index (χ2n) is 2.73. The Balaban J connectivity index is 0.000000845. The van der Waals surface area contributed by atoms with E-state index in [1.54, 1.807) is 19.2 Å². The molecule has 3 heteroatoms. The molecule has 0 spiro atoms. The number of benzene rings is 1. The summed E-state index contributed by atoms with van der Waals surface area (Å²) in [5, 5.41) is 7.66. The van der Waals surface area contributed by atoms with Crippen molar-refractivity contribution in [1.29, 1.82) is 0 Å². The van der Waals surface area contributed by atoms with Gasteiger partial charge in [-0.2, -0.15) is 5.10 Å². The van der Waals surface area contributed by atoms with Crippen molar-refractivity contribution in [2.24, 2.45) is 0 Å². The topological polar surface area (TPSA) is 45.8 Å². The Bertz CT molecular complexity index is 436. The van der Waals surface area contributed by atoms with Gasteiger partial charge in [0.15, 0.2) is 5.78 Å².